The first-order valence-corrected chi connectivity index (χ1v) is 12.3. The Hall–Kier alpha value is -4.11. The van der Waals surface area contributed by atoms with Gasteiger partial charge in [0.05, 0.1) is 12.0 Å². The Morgan fingerprint density at radius 2 is 1.95 bits per heavy atom. The van der Waals surface area contributed by atoms with Crippen molar-refractivity contribution < 1.29 is 23.5 Å². The van der Waals surface area contributed by atoms with Crippen LogP contribution in [0.15, 0.2) is 60.7 Å². The predicted octanol–water partition coefficient (Wildman–Crippen LogP) is 3.20. The number of fused-ring (bicyclic) bond motifs is 4. The van der Waals surface area contributed by atoms with Crippen LogP contribution in [0.1, 0.15) is 28.3 Å². The van der Waals surface area contributed by atoms with Crippen LogP contribution in [0, 0.1) is 18.7 Å². The molecule has 1 fully saturated rings. The van der Waals surface area contributed by atoms with Crippen LogP contribution in [0.5, 0.6) is 11.5 Å². The number of benzene rings is 3. The molecule has 0 aromatic heterocycles. The van der Waals surface area contributed by atoms with Crippen molar-refractivity contribution in [2.75, 3.05) is 24.8 Å². The van der Waals surface area contributed by atoms with E-state index in [1.54, 1.807) is 12.1 Å². The third-order valence-electron chi connectivity index (χ3n) is 7.05. The highest BCUT2D eigenvalue weighted by molar-refractivity contribution is 5.88. The molecule has 0 radical (unpaired) electrons. The molecule has 0 bridgehead atoms. The fraction of sp³-hybridized carbons (Fsp3) is 0.286. The summed E-state index contributed by atoms with van der Waals surface area (Å²) in [7, 11) is 0. The SMILES string of the molecule is Cc1cccc(CN2CC3C(=O)N(CC(=O)NCc4ccc5c(c4)OCO5)NC3c3cc(F)ccc32)c1. The van der Waals surface area contributed by atoms with Gasteiger partial charge in [0, 0.05) is 25.3 Å². The lowest BCUT2D eigenvalue weighted by Gasteiger charge is -2.36. The van der Waals surface area contributed by atoms with E-state index in [-0.39, 0.29) is 31.0 Å². The number of carbonyl (C=O) groups is 2. The molecule has 3 aliphatic rings. The van der Waals surface area contributed by atoms with E-state index >= 15 is 0 Å². The number of rotatable bonds is 6. The van der Waals surface area contributed by atoms with Crippen molar-refractivity contribution in [1.29, 1.82) is 0 Å². The Morgan fingerprint density at radius 1 is 1.08 bits per heavy atom. The molecule has 8 nitrogen and oxygen atoms in total. The summed E-state index contributed by atoms with van der Waals surface area (Å²) in [5.74, 6) is 0.0662. The monoisotopic (exact) mass is 502 g/mol. The summed E-state index contributed by atoms with van der Waals surface area (Å²) in [5, 5.41) is 4.21. The number of ether oxygens (including phenoxy) is 2. The number of carbonyl (C=O) groups excluding carboxylic acids is 2. The van der Waals surface area contributed by atoms with Gasteiger partial charge >= 0.3 is 0 Å². The maximum atomic E-state index is 14.3. The Kier molecular flexibility index (Phi) is 5.92. The van der Waals surface area contributed by atoms with Crippen molar-refractivity contribution >= 4 is 17.5 Å². The van der Waals surface area contributed by atoms with Gasteiger partial charge in [-0.05, 0) is 53.9 Å². The second kappa shape index (κ2) is 9.40. The number of hydrogen-bond acceptors (Lipinski definition) is 6. The van der Waals surface area contributed by atoms with Gasteiger partial charge in [0.25, 0.3) is 0 Å². The molecule has 2 amide bonds. The number of hydrogen-bond donors (Lipinski definition) is 2. The highest BCUT2D eigenvalue weighted by atomic mass is 19.1. The van der Waals surface area contributed by atoms with Crippen molar-refractivity contribution in [3.8, 4) is 11.5 Å². The lowest BCUT2D eigenvalue weighted by atomic mass is 9.87. The zero-order valence-electron chi connectivity index (χ0n) is 20.4. The normalized spacial score (nSPS) is 19.6. The van der Waals surface area contributed by atoms with Crippen molar-refractivity contribution in [2.45, 2.75) is 26.1 Å². The van der Waals surface area contributed by atoms with Gasteiger partial charge in [-0.2, -0.15) is 0 Å². The molecule has 190 valence electrons. The zero-order valence-corrected chi connectivity index (χ0v) is 20.4. The van der Waals surface area contributed by atoms with Gasteiger partial charge in [-0.3, -0.25) is 14.6 Å². The number of anilines is 1. The van der Waals surface area contributed by atoms with Crippen LogP contribution in [0.2, 0.25) is 0 Å². The quantitative estimate of drug-likeness (QED) is 0.539. The van der Waals surface area contributed by atoms with E-state index in [9.17, 15) is 14.0 Å². The van der Waals surface area contributed by atoms with Crippen LogP contribution in [-0.4, -0.2) is 36.7 Å². The highest BCUT2D eigenvalue weighted by Crippen LogP contribution is 2.42. The van der Waals surface area contributed by atoms with Crippen LogP contribution < -0.4 is 25.1 Å². The molecule has 3 heterocycles. The molecule has 37 heavy (non-hydrogen) atoms. The molecule has 6 rings (SSSR count). The second-order valence-electron chi connectivity index (χ2n) is 9.67. The van der Waals surface area contributed by atoms with Crippen molar-refractivity contribution in [2.24, 2.45) is 5.92 Å². The molecule has 3 aromatic carbocycles. The average molecular weight is 503 g/mol. The van der Waals surface area contributed by atoms with Crippen LogP contribution in [0.4, 0.5) is 10.1 Å². The Bertz CT molecular complexity index is 1380. The highest BCUT2D eigenvalue weighted by Gasteiger charge is 2.46. The summed E-state index contributed by atoms with van der Waals surface area (Å²) in [6.07, 6.45) is 0. The summed E-state index contributed by atoms with van der Waals surface area (Å²) in [4.78, 5) is 28.2. The van der Waals surface area contributed by atoms with E-state index in [1.165, 1.54) is 17.1 Å². The van der Waals surface area contributed by atoms with Crippen molar-refractivity contribution in [1.82, 2.24) is 15.8 Å². The molecule has 0 spiro atoms. The van der Waals surface area contributed by atoms with E-state index in [4.69, 9.17) is 9.47 Å². The number of hydrazine groups is 1. The van der Waals surface area contributed by atoms with Gasteiger partial charge in [-0.25, -0.2) is 9.82 Å². The third kappa shape index (κ3) is 4.58. The van der Waals surface area contributed by atoms with Gasteiger partial charge in [0.1, 0.15) is 12.4 Å². The van der Waals surface area contributed by atoms with Gasteiger partial charge in [0.15, 0.2) is 11.5 Å². The van der Waals surface area contributed by atoms with Crippen molar-refractivity contribution in [3.05, 3.63) is 88.7 Å². The first kappa shape index (κ1) is 23.3. The largest absolute Gasteiger partial charge is 0.454 e. The molecular weight excluding hydrogens is 475 g/mol. The number of nitrogens with one attached hydrogen (secondary N) is 2. The minimum Gasteiger partial charge on any atom is -0.454 e. The fourth-order valence-corrected chi connectivity index (χ4v) is 5.29. The topological polar surface area (TPSA) is 83.1 Å². The molecule has 2 N–H and O–H groups in total. The lowest BCUT2D eigenvalue weighted by Crippen LogP contribution is -2.43. The number of aryl methyl sites for hydroxylation is 1. The Morgan fingerprint density at radius 3 is 2.81 bits per heavy atom. The molecule has 1 saturated heterocycles. The van der Waals surface area contributed by atoms with E-state index in [0.29, 0.717) is 31.1 Å². The summed E-state index contributed by atoms with van der Waals surface area (Å²) >= 11 is 0. The molecule has 0 saturated carbocycles. The number of nitrogens with zero attached hydrogens (tertiary/aromatic N) is 2. The average Bonchev–Trinajstić information content (AvgIpc) is 3.47. The maximum absolute atomic E-state index is 14.3. The maximum Gasteiger partial charge on any atom is 0.244 e. The summed E-state index contributed by atoms with van der Waals surface area (Å²) < 4.78 is 25.0. The Balaban J connectivity index is 1.15. The van der Waals surface area contributed by atoms with Crippen LogP contribution >= 0.6 is 0 Å². The molecule has 2 unspecified atom stereocenters. The molecular formula is C28H27FN4O4. The summed E-state index contributed by atoms with van der Waals surface area (Å²) in [5.41, 5.74) is 7.92. The van der Waals surface area contributed by atoms with Crippen molar-refractivity contribution in [3.63, 3.8) is 0 Å². The predicted molar refractivity (Wildman–Crippen MR) is 134 cm³/mol. The molecule has 0 aliphatic carbocycles. The summed E-state index contributed by atoms with van der Waals surface area (Å²) in [6.45, 7) is 3.46. The van der Waals surface area contributed by atoms with Gasteiger partial charge in [-0.15, -0.1) is 0 Å². The van der Waals surface area contributed by atoms with E-state index in [1.807, 2.05) is 37.3 Å². The number of amides is 2. The van der Waals surface area contributed by atoms with Gasteiger partial charge in [-0.1, -0.05) is 35.9 Å². The fourth-order valence-electron chi connectivity index (χ4n) is 5.29. The van der Waals surface area contributed by atoms with Gasteiger partial charge in [0.2, 0.25) is 18.6 Å². The smallest absolute Gasteiger partial charge is 0.244 e. The minimum absolute atomic E-state index is 0.140. The summed E-state index contributed by atoms with van der Waals surface area (Å²) in [6, 6.07) is 18.0. The van der Waals surface area contributed by atoms with Crippen LogP contribution in [-0.2, 0) is 22.7 Å². The van der Waals surface area contributed by atoms with E-state index < -0.39 is 12.0 Å². The van der Waals surface area contributed by atoms with Crippen LogP contribution in [0.25, 0.3) is 0 Å². The zero-order chi connectivity index (χ0) is 25.5. The minimum atomic E-state index is -0.430. The van der Waals surface area contributed by atoms with Crippen LogP contribution in [0.3, 0.4) is 0 Å². The first-order chi connectivity index (χ1) is 17.9. The van der Waals surface area contributed by atoms with E-state index in [2.05, 4.69) is 21.7 Å². The molecule has 9 heteroatoms. The molecule has 3 aliphatic heterocycles. The number of halogens is 1. The Labute approximate surface area is 213 Å². The van der Waals surface area contributed by atoms with Gasteiger partial charge < -0.3 is 19.7 Å². The lowest BCUT2D eigenvalue weighted by molar-refractivity contribution is -0.137. The molecule has 2 atom stereocenters. The standard InChI is InChI=1S/C28H27FN4O4/c1-17-3-2-4-19(9-17)13-32-14-22-27(21-11-20(29)6-7-23(21)32)31-33(28(22)35)15-26(34)30-12-18-5-8-24-25(10-18)37-16-36-24/h2-11,22,27,31H,12-16H2,1H3,(H,30,34). The van der Waals surface area contributed by atoms with E-state index in [0.717, 1.165) is 27.9 Å². The second-order valence-corrected chi connectivity index (χ2v) is 9.67. The first-order valence-electron chi connectivity index (χ1n) is 12.3. The molecule has 3 aromatic rings. The third-order valence-corrected chi connectivity index (χ3v) is 7.05.